The number of carboxylic acids is 1. The van der Waals surface area contributed by atoms with Crippen LogP contribution in [0.3, 0.4) is 0 Å². The standard InChI is InChI=1S/C13H13BrN2O3S2/c14-8-5-10(20-6-8)13-16-9(7-21-13)12(19)15-4-2-1-3-11(17)18/h5-7H,1-4H2,(H,15,19)(H,17,18). The summed E-state index contributed by atoms with van der Waals surface area (Å²) in [6.07, 6.45) is 1.33. The highest BCUT2D eigenvalue weighted by Crippen LogP contribution is 2.31. The third-order valence-corrected chi connectivity index (χ3v) is 5.32. The second kappa shape index (κ2) is 7.67. The van der Waals surface area contributed by atoms with E-state index in [-0.39, 0.29) is 12.3 Å². The Hall–Kier alpha value is -1.25. The predicted octanol–water partition coefficient (Wildman–Crippen LogP) is 3.62. The fourth-order valence-corrected chi connectivity index (χ4v) is 3.92. The molecule has 0 saturated carbocycles. The van der Waals surface area contributed by atoms with Gasteiger partial charge in [-0.1, -0.05) is 0 Å². The van der Waals surface area contributed by atoms with Gasteiger partial charge in [-0.3, -0.25) is 9.59 Å². The number of carbonyl (C=O) groups is 2. The zero-order chi connectivity index (χ0) is 15.2. The molecule has 0 unspecified atom stereocenters. The van der Waals surface area contributed by atoms with Gasteiger partial charge < -0.3 is 10.4 Å². The number of thiophene rings is 1. The molecule has 0 saturated heterocycles. The van der Waals surface area contributed by atoms with Gasteiger partial charge in [-0.15, -0.1) is 22.7 Å². The zero-order valence-corrected chi connectivity index (χ0v) is 14.2. The van der Waals surface area contributed by atoms with Gasteiger partial charge in [-0.2, -0.15) is 0 Å². The number of unbranched alkanes of at least 4 members (excludes halogenated alkanes) is 1. The highest BCUT2D eigenvalue weighted by atomic mass is 79.9. The molecule has 0 spiro atoms. The molecular formula is C13H13BrN2O3S2. The van der Waals surface area contributed by atoms with Crippen LogP contribution in [0.2, 0.25) is 0 Å². The van der Waals surface area contributed by atoms with Crippen LogP contribution >= 0.6 is 38.6 Å². The third kappa shape index (κ3) is 4.90. The number of amides is 1. The lowest BCUT2D eigenvalue weighted by atomic mass is 10.2. The van der Waals surface area contributed by atoms with Crippen LogP contribution in [0.4, 0.5) is 0 Å². The summed E-state index contributed by atoms with van der Waals surface area (Å²) in [5.74, 6) is -1.03. The Morgan fingerprint density at radius 1 is 1.29 bits per heavy atom. The number of hydrogen-bond acceptors (Lipinski definition) is 5. The largest absolute Gasteiger partial charge is 0.481 e. The molecule has 1 amide bonds. The molecule has 0 bridgehead atoms. The van der Waals surface area contributed by atoms with E-state index in [1.807, 2.05) is 11.4 Å². The number of nitrogens with one attached hydrogen (secondary N) is 1. The van der Waals surface area contributed by atoms with Crippen molar-refractivity contribution in [3.63, 3.8) is 0 Å². The highest BCUT2D eigenvalue weighted by molar-refractivity contribution is 9.10. The van der Waals surface area contributed by atoms with Crippen molar-refractivity contribution >= 4 is 50.5 Å². The van der Waals surface area contributed by atoms with Crippen LogP contribution in [0.15, 0.2) is 21.3 Å². The molecule has 2 N–H and O–H groups in total. The molecule has 0 aromatic carbocycles. The molecule has 2 aromatic heterocycles. The van der Waals surface area contributed by atoms with Crippen LogP contribution in [-0.2, 0) is 4.79 Å². The van der Waals surface area contributed by atoms with Crippen molar-refractivity contribution in [3.05, 3.63) is 27.0 Å². The number of aliphatic carboxylic acids is 1. The van der Waals surface area contributed by atoms with Crippen molar-refractivity contribution in [1.82, 2.24) is 10.3 Å². The Bertz CT molecular complexity index is 639. The summed E-state index contributed by atoms with van der Waals surface area (Å²) in [5.41, 5.74) is 0.401. The van der Waals surface area contributed by atoms with Crippen LogP contribution in [0.1, 0.15) is 29.8 Å². The highest BCUT2D eigenvalue weighted by Gasteiger charge is 2.12. The van der Waals surface area contributed by atoms with Gasteiger partial charge in [-0.25, -0.2) is 4.98 Å². The van der Waals surface area contributed by atoms with E-state index < -0.39 is 5.97 Å². The van der Waals surface area contributed by atoms with Crippen molar-refractivity contribution in [2.45, 2.75) is 19.3 Å². The van der Waals surface area contributed by atoms with E-state index in [0.29, 0.717) is 25.1 Å². The molecular weight excluding hydrogens is 376 g/mol. The Kier molecular flexibility index (Phi) is 5.89. The lowest BCUT2D eigenvalue weighted by Gasteiger charge is -2.01. The molecule has 2 rings (SSSR count). The first-order chi connectivity index (χ1) is 10.1. The number of hydrogen-bond donors (Lipinski definition) is 2. The van der Waals surface area contributed by atoms with Gasteiger partial charge in [0.05, 0.1) is 4.88 Å². The minimum absolute atomic E-state index is 0.129. The average Bonchev–Trinajstić information content (AvgIpc) is 3.06. The molecule has 0 atom stereocenters. The summed E-state index contributed by atoms with van der Waals surface area (Å²) >= 11 is 6.39. The molecule has 112 valence electrons. The fraction of sp³-hybridized carbons (Fsp3) is 0.308. The smallest absolute Gasteiger partial charge is 0.303 e. The maximum absolute atomic E-state index is 11.9. The van der Waals surface area contributed by atoms with Crippen molar-refractivity contribution < 1.29 is 14.7 Å². The average molecular weight is 389 g/mol. The Morgan fingerprint density at radius 3 is 2.76 bits per heavy atom. The Labute approximate surface area is 138 Å². The summed E-state index contributed by atoms with van der Waals surface area (Å²) in [6.45, 7) is 0.462. The lowest BCUT2D eigenvalue weighted by Crippen LogP contribution is -2.24. The minimum Gasteiger partial charge on any atom is -0.481 e. The molecule has 21 heavy (non-hydrogen) atoms. The second-order valence-electron chi connectivity index (χ2n) is 4.27. The van der Waals surface area contributed by atoms with E-state index in [1.54, 1.807) is 16.7 Å². The summed E-state index contributed by atoms with van der Waals surface area (Å²) in [6, 6.07) is 1.97. The summed E-state index contributed by atoms with van der Waals surface area (Å²) in [4.78, 5) is 27.6. The van der Waals surface area contributed by atoms with Gasteiger partial charge in [-0.05, 0) is 34.8 Å². The number of rotatable bonds is 7. The summed E-state index contributed by atoms with van der Waals surface area (Å²) in [5, 5.41) is 15.8. The SMILES string of the molecule is O=C(O)CCCCNC(=O)c1csc(-c2cc(Br)cs2)n1. The molecule has 0 aliphatic rings. The first-order valence-electron chi connectivity index (χ1n) is 6.26. The molecule has 2 aromatic rings. The van der Waals surface area contributed by atoms with Gasteiger partial charge in [0.1, 0.15) is 10.7 Å². The number of halogens is 1. The van der Waals surface area contributed by atoms with Gasteiger partial charge >= 0.3 is 5.97 Å². The first kappa shape index (κ1) is 16.1. The number of carboxylic acid groups (broad SMARTS) is 1. The maximum atomic E-state index is 11.9. The molecule has 8 heteroatoms. The number of nitrogens with zero attached hydrogens (tertiary/aromatic N) is 1. The molecule has 0 fully saturated rings. The Balaban J connectivity index is 1.83. The number of carbonyl (C=O) groups excluding carboxylic acids is 1. The monoisotopic (exact) mass is 388 g/mol. The number of aromatic nitrogens is 1. The van der Waals surface area contributed by atoms with E-state index in [2.05, 4.69) is 26.2 Å². The molecule has 5 nitrogen and oxygen atoms in total. The van der Waals surface area contributed by atoms with E-state index in [9.17, 15) is 9.59 Å². The second-order valence-corrected chi connectivity index (χ2v) is 6.96. The summed E-state index contributed by atoms with van der Waals surface area (Å²) < 4.78 is 1.00. The Morgan fingerprint density at radius 2 is 2.10 bits per heavy atom. The van der Waals surface area contributed by atoms with Crippen molar-refractivity contribution in [3.8, 4) is 9.88 Å². The summed E-state index contributed by atoms with van der Waals surface area (Å²) in [7, 11) is 0. The molecule has 0 aliphatic carbocycles. The zero-order valence-electron chi connectivity index (χ0n) is 11.0. The van der Waals surface area contributed by atoms with E-state index in [1.165, 1.54) is 11.3 Å². The predicted molar refractivity (Wildman–Crippen MR) is 86.9 cm³/mol. The topological polar surface area (TPSA) is 79.3 Å². The molecule has 0 radical (unpaired) electrons. The van der Waals surface area contributed by atoms with Gasteiger partial charge in [0.25, 0.3) is 5.91 Å². The van der Waals surface area contributed by atoms with Gasteiger partial charge in [0.15, 0.2) is 0 Å². The van der Waals surface area contributed by atoms with Crippen LogP contribution < -0.4 is 5.32 Å². The lowest BCUT2D eigenvalue weighted by molar-refractivity contribution is -0.137. The molecule has 0 aliphatic heterocycles. The minimum atomic E-state index is -0.812. The third-order valence-electron chi connectivity index (χ3n) is 2.62. The molecule has 2 heterocycles. The van der Waals surface area contributed by atoms with E-state index in [4.69, 9.17) is 5.11 Å². The van der Waals surface area contributed by atoms with Crippen molar-refractivity contribution in [2.24, 2.45) is 0 Å². The van der Waals surface area contributed by atoms with Crippen LogP contribution in [0, 0.1) is 0 Å². The normalized spacial score (nSPS) is 10.5. The quantitative estimate of drug-likeness (QED) is 0.709. The van der Waals surface area contributed by atoms with Gasteiger partial charge in [0, 0.05) is 28.2 Å². The van der Waals surface area contributed by atoms with Crippen molar-refractivity contribution in [1.29, 1.82) is 0 Å². The van der Waals surface area contributed by atoms with Crippen molar-refractivity contribution in [2.75, 3.05) is 6.54 Å². The van der Waals surface area contributed by atoms with E-state index in [0.717, 1.165) is 14.4 Å². The van der Waals surface area contributed by atoms with Crippen LogP contribution in [0.5, 0.6) is 0 Å². The fourth-order valence-electron chi connectivity index (χ4n) is 1.61. The maximum Gasteiger partial charge on any atom is 0.303 e. The van der Waals surface area contributed by atoms with Gasteiger partial charge in [0.2, 0.25) is 0 Å². The van der Waals surface area contributed by atoms with E-state index >= 15 is 0 Å². The first-order valence-corrected chi connectivity index (χ1v) is 8.81. The van der Waals surface area contributed by atoms with Crippen LogP contribution in [-0.4, -0.2) is 28.5 Å². The number of thiazole rings is 1. The van der Waals surface area contributed by atoms with Crippen LogP contribution in [0.25, 0.3) is 9.88 Å².